The predicted molar refractivity (Wildman–Crippen MR) is 92.0 cm³/mol. The average Bonchev–Trinajstić information content (AvgIpc) is 3.22. The van der Waals surface area contributed by atoms with Gasteiger partial charge in [-0.1, -0.05) is 18.2 Å². The molecule has 0 bridgehead atoms. The lowest BCUT2D eigenvalue weighted by atomic mass is 10.2. The first-order valence-corrected chi connectivity index (χ1v) is 8.21. The number of thiocarbonyl (C=S) groups is 1. The predicted octanol–water partition coefficient (Wildman–Crippen LogP) is 1.99. The molecule has 3 N–H and O–H groups in total. The highest BCUT2D eigenvalue weighted by molar-refractivity contribution is 7.80. The number of nitrogens with one attached hydrogen (secondary N) is 3. The Morgan fingerprint density at radius 1 is 1.14 bits per heavy atom. The topological polar surface area (TPSA) is 41.6 Å². The molecule has 22 heavy (non-hydrogen) atoms. The van der Waals surface area contributed by atoms with Crippen LogP contribution in [0.15, 0.2) is 53.1 Å². The molecule has 3 rings (SSSR count). The van der Waals surface area contributed by atoms with E-state index in [9.17, 15) is 0 Å². The summed E-state index contributed by atoms with van der Waals surface area (Å²) in [5, 5.41) is 7.20. The molecule has 0 saturated carbocycles. The molecule has 4 nitrogen and oxygen atoms in total. The molecular formula is C17H22N3OS+. The van der Waals surface area contributed by atoms with Crippen LogP contribution in [0.1, 0.15) is 24.6 Å². The van der Waals surface area contributed by atoms with Crippen molar-refractivity contribution in [3.63, 3.8) is 0 Å². The van der Waals surface area contributed by atoms with E-state index < -0.39 is 0 Å². The molecule has 1 fully saturated rings. The Kier molecular flexibility index (Phi) is 5.08. The molecule has 1 aliphatic rings. The zero-order chi connectivity index (χ0) is 15.2. The second-order valence-corrected chi connectivity index (χ2v) is 6.04. The minimum Gasteiger partial charge on any atom is -0.463 e. The summed E-state index contributed by atoms with van der Waals surface area (Å²) in [4.78, 5) is 1.57. The Bertz CT molecular complexity index is 579. The van der Waals surface area contributed by atoms with Gasteiger partial charge in [0.2, 0.25) is 0 Å². The van der Waals surface area contributed by atoms with Crippen LogP contribution in [0.2, 0.25) is 0 Å². The lowest BCUT2D eigenvalue weighted by Crippen LogP contribution is -3.11. The van der Waals surface area contributed by atoms with Gasteiger partial charge in [-0.05, 0) is 36.5 Å². The summed E-state index contributed by atoms with van der Waals surface area (Å²) in [5.41, 5.74) is 1.00. The summed E-state index contributed by atoms with van der Waals surface area (Å²) in [5.74, 6) is 1.03. The lowest BCUT2D eigenvalue weighted by molar-refractivity contribution is -0.919. The summed E-state index contributed by atoms with van der Waals surface area (Å²) in [6.45, 7) is 3.18. The number of hydrogen-bond acceptors (Lipinski definition) is 2. The van der Waals surface area contributed by atoms with Gasteiger partial charge < -0.3 is 20.0 Å². The van der Waals surface area contributed by atoms with Crippen LogP contribution in [-0.2, 0) is 0 Å². The van der Waals surface area contributed by atoms with Crippen LogP contribution in [0, 0.1) is 0 Å². The molecule has 1 atom stereocenters. The van der Waals surface area contributed by atoms with Crippen LogP contribution >= 0.6 is 12.2 Å². The van der Waals surface area contributed by atoms with E-state index in [1.165, 1.54) is 25.9 Å². The summed E-state index contributed by atoms with van der Waals surface area (Å²) >= 11 is 5.40. The van der Waals surface area contributed by atoms with Gasteiger partial charge in [-0.15, -0.1) is 0 Å². The maximum absolute atomic E-state index is 5.63. The fourth-order valence-corrected chi connectivity index (χ4v) is 3.21. The fraction of sp³-hybridized carbons (Fsp3) is 0.353. The number of quaternary nitrogens is 1. The van der Waals surface area contributed by atoms with Gasteiger partial charge in [-0.3, -0.25) is 0 Å². The lowest BCUT2D eigenvalue weighted by Gasteiger charge is -2.23. The first-order valence-electron chi connectivity index (χ1n) is 7.81. The third kappa shape index (κ3) is 3.87. The maximum atomic E-state index is 5.63. The fourth-order valence-electron chi connectivity index (χ4n) is 3.00. The number of rotatable bonds is 5. The Balaban J connectivity index is 1.58. The summed E-state index contributed by atoms with van der Waals surface area (Å²) in [6, 6.07) is 14.3. The van der Waals surface area contributed by atoms with Crippen molar-refractivity contribution in [2.24, 2.45) is 0 Å². The van der Waals surface area contributed by atoms with E-state index >= 15 is 0 Å². The van der Waals surface area contributed by atoms with Crippen LogP contribution < -0.4 is 15.5 Å². The maximum Gasteiger partial charge on any atom is 0.171 e. The van der Waals surface area contributed by atoms with Gasteiger partial charge >= 0.3 is 0 Å². The highest BCUT2D eigenvalue weighted by Crippen LogP contribution is 2.11. The Hall–Kier alpha value is -1.85. The van der Waals surface area contributed by atoms with E-state index in [-0.39, 0.29) is 0 Å². The first kappa shape index (κ1) is 15.1. The molecule has 116 valence electrons. The smallest absolute Gasteiger partial charge is 0.171 e. The van der Waals surface area contributed by atoms with E-state index in [1.54, 1.807) is 11.2 Å². The van der Waals surface area contributed by atoms with Gasteiger partial charge in [0.05, 0.1) is 25.9 Å². The average molecular weight is 316 g/mol. The van der Waals surface area contributed by atoms with Crippen molar-refractivity contribution in [1.29, 1.82) is 0 Å². The highest BCUT2D eigenvalue weighted by atomic mass is 32.1. The molecule has 0 unspecified atom stereocenters. The van der Waals surface area contributed by atoms with E-state index in [4.69, 9.17) is 16.6 Å². The van der Waals surface area contributed by atoms with Gasteiger partial charge in [-0.2, -0.15) is 0 Å². The monoisotopic (exact) mass is 316 g/mol. The van der Waals surface area contributed by atoms with E-state index in [0.717, 1.165) is 18.0 Å². The second kappa shape index (κ2) is 7.42. The number of furan rings is 1. The number of likely N-dealkylation sites (tertiary alicyclic amines) is 1. The minimum atomic E-state index is 0.313. The SMILES string of the molecule is S=C(NC[C@@H](c1ccco1)[NH+]1CCCC1)Nc1ccccc1. The van der Waals surface area contributed by atoms with Crippen LogP contribution in [0.3, 0.4) is 0 Å². The molecule has 2 aromatic rings. The van der Waals surface area contributed by atoms with Crippen molar-refractivity contribution in [2.45, 2.75) is 18.9 Å². The number of para-hydroxylation sites is 1. The van der Waals surface area contributed by atoms with Crippen LogP contribution in [-0.4, -0.2) is 24.7 Å². The number of benzene rings is 1. The largest absolute Gasteiger partial charge is 0.463 e. The van der Waals surface area contributed by atoms with Gasteiger partial charge in [0.25, 0.3) is 0 Å². The zero-order valence-electron chi connectivity index (χ0n) is 12.5. The van der Waals surface area contributed by atoms with Crippen molar-refractivity contribution in [3.8, 4) is 0 Å². The normalized spacial score (nSPS) is 16.4. The molecule has 1 aromatic carbocycles. The molecule has 0 amide bonds. The van der Waals surface area contributed by atoms with Crippen molar-refractivity contribution >= 4 is 23.0 Å². The van der Waals surface area contributed by atoms with Crippen molar-refractivity contribution in [2.75, 3.05) is 25.0 Å². The van der Waals surface area contributed by atoms with Gasteiger partial charge in [-0.25, -0.2) is 0 Å². The number of hydrogen-bond donors (Lipinski definition) is 3. The summed E-state index contributed by atoms with van der Waals surface area (Å²) in [6.07, 6.45) is 4.33. The van der Waals surface area contributed by atoms with Gasteiger partial charge in [0.15, 0.2) is 16.9 Å². The molecule has 0 radical (unpaired) electrons. The molecule has 0 aliphatic carbocycles. The molecular weight excluding hydrogens is 294 g/mol. The quantitative estimate of drug-likeness (QED) is 0.738. The Morgan fingerprint density at radius 2 is 1.91 bits per heavy atom. The highest BCUT2D eigenvalue weighted by Gasteiger charge is 2.29. The first-order chi connectivity index (χ1) is 10.8. The van der Waals surface area contributed by atoms with E-state index in [1.807, 2.05) is 36.4 Å². The molecule has 2 heterocycles. The third-order valence-electron chi connectivity index (χ3n) is 4.12. The molecule has 1 aromatic heterocycles. The Labute approximate surface area is 136 Å². The van der Waals surface area contributed by atoms with E-state index in [0.29, 0.717) is 11.2 Å². The van der Waals surface area contributed by atoms with Gasteiger partial charge in [0, 0.05) is 18.5 Å². The van der Waals surface area contributed by atoms with Crippen LogP contribution in [0.25, 0.3) is 0 Å². The van der Waals surface area contributed by atoms with Gasteiger partial charge in [0.1, 0.15) is 0 Å². The van der Waals surface area contributed by atoms with Crippen molar-refractivity contribution < 1.29 is 9.32 Å². The third-order valence-corrected chi connectivity index (χ3v) is 4.37. The molecule has 1 saturated heterocycles. The second-order valence-electron chi connectivity index (χ2n) is 5.63. The Morgan fingerprint density at radius 3 is 2.59 bits per heavy atom. The summed E-state index contributed by atoms with van der Waals surface area (Å²) in [7, 11) is 0. The standard InChI is InChI=1S/C17H21N3OS/c22-17(19-14-7-2-1-3-8-14)18-13-15(16-9-6-12-21-16)20-10-4-5-11-20/h1-3,6-9,12,15H,4-5,10-11,13H2,(H2,18,19,22)/p+1/t15-/m0/s1. The number of anilines is 1. The van der Waals surface area contributed by atoms with Crippen LogP contribution in [0.5, 0.6) is 0 Å². The molecule has 0 spiro atoms. The van der Waals surface area contributed by atoms with E-state index in [2.05, 4.69) is 16.7 Å². The van der Waals surface area contributed by atoms with Crippen molar-refractivity contribution in [1.82, 2.24) is 5.32 Å². The molecule has 1 aliphatic heterocycles. The van der Waals surface area contributed by atoms with Crippen LogP contribution in [0.4, 0.5) is 5.69 Å². The summed E-state index contributed by atoms with van der Waals surface area (Å²) < 4.78 is 5.63. The zero-order valence-corrected chi connectivity index (χ0v) is 13.4. The minimum absolute atomic E-state index is 0.313. The molecule has 5 heteroatoms. The van der Waals surface area contributed by atoms with Crippen molar-refractivity contribution in [3.05, 3.63) is 54.5 Å².